The third-order valence-corrected chi connectivity index (χ3v) is 6.37. The van der Waals surface area contributed by atoms with Crippen molar-refractivity contribution in [2.45, 2.75) is 50.2 Å². The van der Waals surface area contributed by atoms with E-state index in [-0.39, 0.29) is 28.8 Å². The molecule has 0 aliphatic carbocycles. The smallest absolute Gasteiger partial charge is 0.251 e. The van der Waals surface area contributed by atoms with Gasteiger partial charge in [-0.25, -0.2) is 18.1 Å². The molecule has 0 saturated carbocycles. The van der Waals surface area contributed by atoms with Crippen molar-refractivity contribution in [3.05, 3.63) is 6.33 Å². The standard InChI is InChI=1S/C20H33N9O7S/c1-22-18(33)15-13(31)14(32)19(36-15)29-10-25-12-16(21)27-20(28-17(12)29)24-9-8-23-11(30)6-4-3-5-7-26-37(2,34)35/h10,13-15,19,26,31-32H,3-9H2,1-2H3,(H,22,33)(H,23,30)(H3,21,24,27,28)/t13-,14+,15-,19+/m0/s1. The van der Waals surface area contributed by atoms with Gasteiger partial charge in [0.15, 0.2) is 23.8 Å². The molecule has 1 fully saturated rings. The number of anilines is 2. The van der Waals surface area contributed by atoms with Gasteiger partial charge in [-0.15, -0.1) is 0 Å². The molecule has 0 radical (unpaired) electrons. The summed E-state index contributed by atoms with van der Waals surface area (Å²) in [6.07, 6.45) is -0.532. The van der Waals surface area contributed by atoms with Crippen molar-refractivity contribution in [2.75, 3.05) is 44.0 Å². The predicted octanol–water partition coefficient (Wildman–Crippen LogP) is -2.59. The Morgan fingerprint density at radius 3 is 2.59 bits per heavy atom. The molecule has 0 unspecified atom stereocenters. The Bertz CT molecular complexity index is 1210. The van der Waals surface area contributed by atoms with Crippen LogP contribution in [-0.2, 0) is 24.3 Å². The van der Waals surface area contributed by atoms with E-state index in [1.807, 2.05) is 0 Å². The Kier molecular flexibility index (Phi) is 9.55. The zero-order valence-electron chi connectivity index (χ0n) is 20.5. The third kappa shape index (κ3) is 7.45. The number of aromatic nitrogens is 4. The molecule has 3 heterocycles. The molecule has 8 N–H and O–H groups in total. The van der Waals surface area contributed by atoms with E-state index in [0.717, 1.165) is 12.7 Å². The van der Waals surface area contributed by atoms with Gasteiger partial charge in [-0.1, -0.05) is 6.42 Å². The third-order valence-electron chi connectivity index (χ3n) is 5.64. The highest BCUT2D eigenvalue weighted by molar-refractivity contribution is 7.88. The lowest BCUT2D eigenvalue weighted by Crippen LogP contribution is -2.41. The highest BCUT2D eigenvalue weighted by atomic mass is 32.2. The van der Waals surface area contributed by atoms with Crippen LogP contribution >= 0.6 is 0 Å². The Labute approximate surface area is 213 Å². The molecule has 1 aliphatic heterocycles. The van der Waals surface area contributed by atoms with Crippen LogP contribution in [-0.4, -0.2) is 101 Å². The molecule has 1 saturated heterocycles. The molecule has 1 aliphatic rings. The molecule has 0 spiro atoms. The number of unbranched alkanes of at least 4 members (excludes halogenated alkanes) is 2. The van der Waals surface area contributed by atoms with Crippen LogP contribution in [0.15, 0.2) is 6.33 Å². The quantitative estimate of drug-likeness (QED) is 0.129. The van der Waals surface area contributed by atoms with Gasteiger partial charge in [0.05, 0.1) is 12.6 Å². The number of hydrogen-bond acceptors (Lipinski definition) is 12. The fraction of sp³-hybridized carbons (Fsp3) is 0.650. The van der Waals surface area contributed by atoms with Crippen LogP contribution in [0, 0.1) is 0 Å². The lowest BCUT2D eigenvalue weighted by atomic mass is 10.1. The number of sulfonamides is 1. The van der Waals surface area contributed by atoms with E-state index in [0.29, 0.717) is 38.9 Å². The van der Waals surface area contributed by atoms with Crippen molar-refractivity contribution in [1.29, 1.82) is 0 Å². The summed E-state index contributed by atoms with van der Waals surface area (Å²) in [6.45, 7) is 0.931. The molecule has 3 rings (SSSR count). The van der Waals surface area contributed by atoms with Crippen molar-refractivity contribution in [1.82, 2.24) is 34.9 Å². The van der Waals surface area contributed by atoms with E-state index in [4.69, 9.17) is 10.5 Å². The highest BCUT2D eigenvalue weighted by Gasteiger charge is 2.47. The summed E-state index contributed by atoms with van der Waals surface area (Å²) in [5.74, 6) is -0.504. The van der Waals surface area contributed by atoms with Gasteiger partial charge < -0.3 is 36.6 Å². The van der Waals surface area contributed by atoms with Gasteiger partial charge in [-0.3, -0.25) is 14.2 Å². The summed E-state index contributed by atoms with van der Waals surface area (Å²) < 4.78 is 31.3. The Morgan fingerprint density at radius 2 is 1.89 bits per heavy atom. The molecule has 0 bridgehead atoms. The molecular formula is C20H33N9O7S. The van der Waals surface area contributed by atoms with Gasteiger partial charge in [0.25, 0.3) is 5.91 Å². The molecule has 4 atom stereocenters. The minimum absolute atomic E-state index is 0.0662. The number of ether oxygens (including phenoxy) is 1. The van der Waals surface area contributed by atoms with Crippen LogP contribution in [0.1, 0.15) is 31.9 Å². The van der Waals surface area contributed by atoms with Crippen LogP contribution in [0.3, 0.4) is 0 Å². The maximum Gasteiger partial charge on any atom is 0.251 e. The molecule has 37 heavy (non-hydrogen) atoms. The molecule has 2 aromatic heterocycles. The van der Waals surface area contributed by atoms with E-state index in [1.165, 1.54) is 17.9 Å². The van der Waals surface area contributed by atoms with Crippen LogP contribution in [0.5, 0.6) is 0 Å². The van der Waals surface area contributed by atoms with Crippen LogP contribution < -0.4 is 26.4 Å². The molecule has 2 amide bonds. The van der Waals surface area contributed by atoms with Crippen molar-refractivity contribution in [3.63, 3.8) is 0 Å². The molecule has 206 valence electrons. The number of nitrogens with zero attached hydrogens (tertiary/aromatic N) is 4. The molecule has 17 heteroatoms. The maximum absolute atomic E-state index is 12.0. The van der Waals surface area contributed by atoms with Crippen molar-refractivity contribution in [2.24, 2.45) is 0 Å². The first-order chi connectivity index (χ1) is 17.5. The first-order valence-electron chi connectivity index (χ1n) is 11.7. The van der Waals surface area contributed by atoms with E-state index in [1.54, 1.807) is 0 Å². The van der Waals surface area contributed by atoms with Crippen molar-refractivity contribution >= 4 is 44.8 Å². The van der Waals surface area contributed by atoms with E-state index in [2.05, 4.69) is 35.6 Å². The summed E-state index contributed by atoms with van der Waals surface area (Å²) in [5, 5.41) is 28.8. The minimum atomic E-state index is -3.20. The second-order valence-electron chi connectivity index (χ2n) is 8.55. The van der Waals surface area contributed by atoms with Gasteiger partial charge in [0.1, 0.15) is 17.7 Å². The second kappa shape index (κ2) is 12.4. The van der Waals surface area contributed by atoms with Crippen molar-refractivity contribution < 1.29 is 33.0 Å². The highest BCUT2D eigenvalue weighted by Crippen LogP contribution is 2.32. The molecular weight excluding hydrogens is 510 g/mol. The number of aliphatic hydroxyl groups is 2. The fourth-order valence-electron chi connectivity index (χ4n) is 3.76. The van der Waals surface area contributed by atoms with Gasteiger partial charge in [-0.05, 0) is 12.8 Å². The van der Waals surface area contributed by atoms with Gasteiger partial charge in [0.2, 0.25) is 21.9 Å². The van der Waals surface area contributed by atoms with Crippen molar-refractivity contribution in [3.8, 4) is 0 Å². The number of fused-ring (bicyclic) bond motifs is 1. The Morgan fingerprint density at radius 1 is 1.14 bits per heavy atom. The predicted molar refractivity (Wildman–Crippen MR) is 133 cm³/mol. The number of hydrogen-bond donors (Lipinski definition) is 7. The van der Waals surface area contributed by atoms with Crippen LogP contribution in [0.25, 0.3) is 11.2 Å². The first kappa shape index (κ1) is 28.5. The maximum atomic E-state index is 12.0. The normalized spacial score (nSPS) is 21.7. The number of nitrogens with one attached hydrogen (secondary N) is 4. The largest absolute Gasteiger partial charge is 0.387 e. The SMILES string of the molecule is CNC(=O)[C@H]1O[C@@H](n2cnc3c(N)nc(NCCNC(=O)CCCCCNS(C)(=O)=O)nc32)[C@H](O)[C@@H]1O. The summed E-state index contributed by atoms with van der Waals surface area (Å²) in [6, 6.07) is 0. The topological polar surface area (TPSA) is 236 Å². The van der Waals surface area contributed by atoms with Crippen LogP contribution in [0.2, 0.25) is 0 Å². The lowest BCUT2D eigenvalue weighted by Gasteiger charge is -2.16. The number of imidazole rings is 1. The number of amides is 2. The Hall–Kier alpha value is -3.12. The number of carbonyl (C=O) groups excluding carboxylic acids is 2. The van der Waals surface area contributed by atoms with Gasteiger partial charge >= 0.3 is 0 Å². The Balaban J connectivity index is 1.51. The molecule has 2 aromatic rings. The monoisotopic (exact) mass is 543 g/mol. The fourth-order valence-corrected chi connectivity index (χ4v) is 4.28. The summed E-state index contributed by atoms with van der Waals surface area (Å²) in [5.41, 5.74) is 6.47. The van der Waals surface area contributed by atoms with Gasteiger partial charge in [0, 0.05) is 33.1 Å². The first-order valence-corrected chi connectivity index (χ1v) is 13.6. The zero-order chi connectivity index (χ0) is 27.2. The molecule has 0 aromatic carbocycles. The van der Waals surface area contributed by atoms with E-state index in [9.17, 15) is 28.2 Å². The number of nitrogen functional groups attached to an aromatic ring is 1. The number of likely N-dealkylation sites (N-methyl/N-ethyl adjacent to an activating group) is 1. The number of aliphatic hydroxyl groups excluding tert-OH is 2. The number of nitrogens with two attached hydrogens (primary N) is 1. The van der Waals surface area contributed by atoms with E-state index < -0.39 is 40.5 Å². The molecule has 16 nitrogen and oxygen atoms in total. The average molecular weight is 544 g/mol. The van der Waals surface area contributed by atoms with Crippen LogP contribution in [0.4, 0.5) is 11.8 Å². The van der Waals surface area contributed by atoms with Gasteiger partial charge in [-0.2, -0.15) is 9.97 Å². The van der Waals surface area contributed by atoms with E-state index >= 15 is 0 Å². The second-order valence-corrected chi connectivity index (χ2v) is 10.4. The zero-order valence-corrected chi connectivity index (χ0v) is 21.4. The lowest BCUT2D eigenvalue weighted by molar-refractivity contribution is -0.137. The summed E-state index contributed by atoms with van der Waals surface area (Å²) in [4.78, 5) is 36.6. The summed E-state index contributed by atoms with van der Waals surface area (Å²) >= 11 is 0. The average Bonchev–Trinajstić information content (AvgIpc) is 3.39. The number of carbonyl (C=O) groups is 2. The number of rotatable bonds is 13. The minimum Gasteiger partial charge on any atom is -0.387 e. The summed E-state index contributed by atoms with van der Waals surface area (Å²) in [7, 11) is -1.81.